The van der Waals surface area contributed by atoms with Gasteiger partial charge in [-0.2, -0.15) is 0 Å². The number of anilines is 3. The molecule has 0 unspecified atom stereocenters. The monoisotopic (exact) mass is 583 g/mol. The summed E-state index contributed by atoms with van der Waals surface area (Å²) in [6.07, 6.45) is 2.51. The number of hydrogen-bond donors (Lipinski definition) is 4. The van der Waals surface area contributed by atoms with Crippen molar-refractivity contribution in [1.82, 2.24) is 25.5 Å². The highest BCUT2D eigenvalue weighted by Gasteiger charge is 2.41. The number of methoxy groups -OCH3 is 1. The van der Waals surface area contributed by atoms with Crippen molar-refractivity contribution in [2.24, 2.45) is 5.41 Å². The highest BCUT2D eigenvalue weighted by molar-refractivity contribution is 6.02. The molecule has 42 heavy (non-hydrogen) atoms. The van der Waals surface area contributed by atoms with Gasteiger partial charge in [-0.1, -0.05) is 26.8 Å². The zero-order valence-corrected chi connectivity index (χ0v) is 24.8. The van der Waals surface area contributed by atoms with Crippen molar-refractivity contribution < 1.29 is 23.1 Å². The molecule has 3 aromatic rings. The molecule has 226 valence electrons. The second-order valence-electron chi connectivity index (χ2n) is 11.6. The Labute approximate surface area is 244 Å². The largest absolute Gasteiger partial charge is 0.494 e. The third kappa shape index (κ3) is 6.76. The van der Waals surface area contributed by atoms with Gasteiger partial charge in [0.25, 0.3) is 0 Å². The van der Waals surface area contributed by atoms with Crippen LogP contribution in [0.1, 0.15) is 40.5 Å². The molecule has 1 fully saturated rings. The number of halogens is 2. The average Bonchev–Trinajstić information content (AvgIpc) is 3.45. The van der Waals surface area contributed by atoms with E-state index in [9.17, 15) is 18.4 Å². The SMILES string of the molecule is CN[C@@H](C)CN[C@H](C(=O)N1CCC[C@H]1C(=O)Nc1cc2c(Nc3cccc(F)c3F)ncnc2cc1OC)C(C)(C)C. The number of aromatic nitrogens is 2. The summed E-state index contributed by atoms with van der Waals surface area (Å²) in [5.41, 5.74) is 0.329. The Hall–Kier alpha value is -3.90. The number of benzene rings is 2. The summed E-state index contributed by atoms with van der Waals surface area (Å²) in [5, 5.41) is 12.8. The van der Waals surface area contributed by atoms with E-state index in [2.05, 4.69) is 31.2 Å². The van der Waals surface area contributed by atoms with Gasteiger partial charge in [0, 0.05) is 30.6 Å². The molecule has 0 bridgehead atoms. The van der Waals surface area contributed by atoms with E-state index in [4.69, 9.17) is 4.74 Å². The van der Waals surface area contributed by atoms with Gasteiger partial charge in [0.05, 0.1) is 30.0 Å². The molecule has 2 amide bonds. The smallest absolute Gasteiger partial charge is 0.247 e. The average molecular weight is 584 g/mol. The van der Waals surface area contributed by atoms with E-state index in [0.717, 1.165) is 6.07 Å². The van der Waals surface area contributed by atoms with Gasteiger partial charge in [-0.25, -0.2) is 18.7 Å². The molecule has 1 aliphatic heterocycles. The Bertz CT molecular complexity index is 1450. The van der Waals surface area contributed by atoms with Gasteiger partial charge in [-0.15, -0.1) is 0 Å². The first-order chi connectivity index (χ1) is 19.9. The maximum atomic E-state index is 14.4. The molecule has 4 N–H and O–H groups in total. The maximum Gasteiger partial charge on any atom is 0.247 e. The molecule has 3 atom stereocenters. The predicted molar refractivity (Wildman–Crippen MR) is 159 cm³/mol. The zero-order valence-electron chi connectivity index (χ0n) is 24.8. The second-order valence-corrected chi connectivity index (χ2v) is 11.6. The van der Waals surface area contributed by atoms with Crippen molar-refractivity contribution in [3.05, 3.63) is 48.3 Å². The van der Waals surface area contributed by atoms with E-state index in [-0.39, 0.29) is 34.8 Å². The minimum Gasteiger partial charge on any atom is -0.494 e. The van der Waals surface area contributed by atoms with Gasteiger partial charge < -0.3 is 30.9 Å². The third-order valence-electron chi connectivity index (χ3n) is 7.49. The molecule has 1 aromatic heterocycles. The van der Waals surface area contributed by atoms with Crippen LogP contribution >= 0.6 is 0 Å². The van der Waals surface area contributed by atoms with E-state index in [1.165, 1.54) is 25.6 Å². The van der Waals surface area contributed by atoms with Gasteiger partial charge in [-0.3, -0.25) is 9.59 Å². The Morgan fingerprint density at radius 3 is 2.62 bits per heavy atom. The lowest BCUT2D eigenvalue weighted by Crippen LogP contribution is -2.57. The van der Waals surface area contributed by atoms with Crippen LogP contribution in [0.15, 0.2) is 36.7 Å². The minimum absolute atomic E-state index is 0.0948. The van der Waals surface area contributed by atoms with Gasteiger partial charge >= 0.3 is 0 Å². The van der Waals surface area contributed by atoms with Crippen LogP contribution in [0.3, 0.4) is 0 Å². The summed E-state index contributed by atoms with van der Waals surface area (Å²) in [7, 11) is 3.34. The number of nitrogens with one attached hydrogen (secondary N) is 4. The number of ether oxygens (including phenoxy) is 1. The summed E-state index contributed by atoms with van der Waals surface area (Å²) < 4.78 is 33.7. The fourth-order valence-corrected chi connectivity index (χ4v) is 5.02. The molecule has 0 radical (unpaired) electrons. The van der Waals surface area contributed by atoms with Gasteiger partial charge in [0.2, 0.25) is 11.8 Å². The number of amides is 2. The number of nitrogens with zero attached hydrogens (tertiary/aromatic N) is 3. The van der Waals surface area contributed by atoms with Crippen molar-refractivity contribution in [3.8, 4) is 5.75 Å². The Kier molecular flexibility index (Phi) is 9.57. The maximum absolute atomic E-state index is 14.4. The van der Waals surface area contributed by atoms with E-state index in [1.807, 2.05) is 34.7 Å². The van der Waals surface area contributed by atoms with Crippen LogP contribution in [0.4, 0.5) is 26.0 Å². The summed E-state index contributed by atoms with van der Waals surface area (Å²) in [5.74, 6) is -1.94. The summed E-state index contributed by atoms with van der Waals surface area (Å²) >= 11 is 0. The second kappa shape index (κ2) is 13.0. The van der Waals surface area contributed by atoms with E-state index in [1.54, 1.807) is 17.0 Å². The molecule has 4 rings (SSSR count). The molecule has 0 saturated carbocycles. The molecular weight excluding hydrogens is 544 g/mol. The molecule has 12 heteroatoms. The number of likely N-dealkylation sites (N-methyl/N-ethyl adjacent to an activating group) is 1. The van der Waals surface area contributed by atoms with Crippen LogP contribution in [0.25, 0.3) is 10.9 Å². The minimum atomic E-state index is -1.04. The Balaban J connectivity index is 1.60. The van der Waals surface area contributed by atoms with E-state index >= 15 is 0 Å². The number of carbonyl (C=O) groups excluding carboxylic acids is 2. The summed E-state index contributed by atoms with van der Waals surface area (Å²) in [6, 6.07) is 6.06. The lowest BCUT2D eigenvalue weighted by Gasteiger charge is -2.36. The van der Waals surface area contributed by atoms with E-state index < -0.39 is 23.7 Å². The Morgan fingerprint density at radius 2 is 1.93 bits per heavy atom. The number of likely N-dealkylation sites (tertiary alicyclic amines) is 1. The molecular formula is C30H39F2N7O3. The lowest BCUT2D eigenvalue weighted by atomic mass is 9.85. The fraction of sp³-hybridized carbons (Fsp3) is 0.467. The third-order valence-corrected chi connectivity index (χ3v) is 7.49. The summed E-state index contributed by atoms with van der Waals surface area (Å²) in [6.45, 7) is 9.11. The molecule has 0 spiro atoms. The first kappa shape index (κ1) is 31.0. The number of hydrogen-bond acceptors (Lipinski definition) is 8. The quantitative estimate of drug-likeness (QED) is 0.280. The van der Waals surface area contributed by atoms with Crippen molar-refractivity contribution in [1.29, 1.82) is 0 Å². The summed E-state index contributed by atoms with van der Waals surface area (Å²) in [4.78, 5) is 37.6. The fourth-order valence-electron chi connectivity index (χ4n) is 5.02. The van der Waals surface area contributed by atoms with Crippen LogP contribution in [-0.2, 0) is 9.59 Å². The highest BCUT2D eigenvalue weighted by atomic mass is 19.2. The highest BCUT2D eigenvalue weighted by Crippen LogP contribution is 2.34. The van der Waals surface area contributed by atoms with Crippen molar-refractivity contribution in [3.63, 3.8) is 0 Å². The molecule has 1 aliphatic rings. The van der Waals surface area contributed by atoms with Gasteiger partial charge in [0.15, 0.2) is 11.6 Å². The first-order valence-corrected chi connectivity index (χ1v) is 14.0. The van der Waals surface area contributed by atoms with Crippen molar-refractivity contribution >= 4 is 39.9 Å². The number of rotatable bonds is 10. The number of fused-ring (bicyclic) bond motifs is 1. The van der Waals surface area contributed by atoms with Gasteiger partial charge in [0.1, 0.15) is 23.9 Å². The van der Waals surface area contributed by atoms with Crippen LogP contribution in [0.2, 0.25) is 0 Å². The standard InChI is InChI=1S/C30H39F2N7O3/c1-17(33-5)15-34-26(30(2,3)4)29(41)39-12-8-11-23(39)28(40)38-22-13-18-21(14-24(22)42-6)35-16-36-27(18)37-20-10-7-9-19(31)25(20)32/h7,9-10,13-14,16-17,23,26,33-34H,8,11-12,15H2,1-6H3,(H,38,40)(H,35,36,37)/t17-,23-,26+/m0/s1. The van der Waals surface area contributed by atoms with Crippen LogP contribution in [-0.4, -0.2) is 72.1 Å². The lowest BCUT2D eigenvalue weighted by molar-refractivity contribution is -0.140. The topological polar surface area (TPSA) is 121 Å². The molecule has 0 aliphatic carbocycles. The molecule has 2 aromatic carbocycles. The van der Waals surface area contributed by atoms with Crippen LogP contribution < -0.4 is 26.0 Å². The van der Waals surface area contributed by atoms with Crippen LogP contribution in [0.5, 0.6) is 5.75 Å². The number of carbonyl (C=O) groups is 2. The molecule has 1 saturated heterocycles. The molecule has 2 heterocycles. The van der Waals surface area contributed by atoms with Gasteiger partial charge in [-0.05, 0) is 50.4 Å². The molecule has 10 nitrogen and oxygen atoms in total. The van der Waals surface area contributed by atoms with Crippen molar-refractivity contribution in [2.75, 3.05) is 37.9 Å². The first-order valence-electron chi connectivity index (χ1n) is 14.0. The zero-order chi connectivity index (χ0) is 30.6. The van der Waals surface area contributed by atoms with Crippen LogP contribution in [0, 0.1) is 17.0 Å². The normalized spacial score (nSPS) is 16.8. The van der Waals surface area contributed by atoms with E-state index in [0.29, 0.717) is 48.3 Å². The Morgan fingerprint density at radius 1 is 1.17 bits per heavy atom. The predicted octanol–water partition coefficient (Wildman–Crippen LogP) is 4.20. The van der Waals surface area contributed by atoms with Crippen molar-refractivity contribution in [2.45, 2.75) is 58.7 Å².